The van der Waals surface area contributed by atoms with Crippen molar-refractivity contribution in [3.63, 3.8) is 0 Å². The van der Waals surface area contributed by atoms with Crippen molar-refractivity contribution in [2.75, 3.05) is 12.4 Å². The van der Waals surface area contributed by atoms with Crippen molar-refractivity contribution in [2.45, 2.75) is 6.61 Å². The molecule has 2 heterocycles. The van der Waals surface area contributed by atoms with Gasteiger partial charge in [0.1, 0.15) is 10.7 Å². The summed E-state index contributed by atoms with van der Waals surface area (Å²) in [5.74, 6) is -0.471. The number of thiazole rings is 1. The second-order valence-corrected chi connectivity index (χ2v) is 7.55. The molecule has 10 heteroatoms. The van der Waals surface area contributed by atoms with Crippen molar-refractivity contribution in [1.82, 2.24) is 4.98 Å². The Hall–Kier alpha value is -2.04. The molecule has 1 amide bonds. The van der Waals surface area contributed by atoms with Crippen LogP contribution in [0.5, 0.6) is 11.5 Å². The third-order valence-electron chi connectivity index (χ3n) is 3.15. The Morgan fingerprint density at radius 3 is 2.69 bits per heavy atom. The Labute approximate surface area is 163 Å². The minimum absolute atomic E-state index is 0.141. The maximum atomic E-state index is 12.5. The zero-order chi connectivity index (χ0) is 18.7. The number of carbonyl (C=O) groups excluding carboxylic acids is 1. The molecule has 0 atom stereocenters. The normalized spacial score (nSPS) is 10.8. The van der Waals surface area contributed by atoms with E-state index in [1.54, 1.807) is 5.38 Å². The van der Waals surface area contributed by atoms with E-state index in [9.17, 15) is 13.6 Å². The van der Waals surface area contributed by atoms with E-state index in [0.717, 1.165) is 14.4 Å². The van der Waals surface area contributed by atoms with Gasteiger partial charge in [-0.2, -0.15) is 8.78 Å². The van der Waals surface area contributed by atoms with Gasteiger partial charge >= 0.3 is 6.61 Å². The van der Waals surface area contributed by atoms with E-state index in [2.05, 4.69) is 31.0 Å². The molecule has 3 aromatic rings. The van der Waals surface area contributed by atoms with Crippen LogP contribution in [0.15, 0.2) is 39.5 Å². The van der Waals surface area contributed by atoms with E-state index in [4.69, 9.17) is 4.74 Å². The van der Waals surface area contributed by atoms with Gasteiger partial charge < -0.3 is 14.8 Å². The Bertz CT molecular complexity index is 930. The zero-order valence-corrected chi connectivity index (χ0v) is 16.4. The summed E-state index contributed by atoms with van der Waals surface area (Å²) in [6.07, 6.45) is 0. The van der Waals surface area contributed by atoms with Gasteiger partial charge in [-0.1, -0.05) is 0 Å². The number of benzene rings is 1. The quantitative estimate of drug-likeness (QED) is 0.527. The number of anilines is 1. The van der Waals surface area contributed by atoms with Crippen LogP contribution in [-0.2, 0) is 0 Å². The molecule has 136 valence electrons. The summed E-state index contributed by atoms with van der Waals surface area (Å²) in [6, 6.07) is 6.15. The lowest BCUT2D eigenvalue weighted by Crippen LogP contribution is -2.12. The number of ether oxygens (including phenoxy) is 2. The predicted molar refractivity (Wildman–Crippen MR) is 101 cm³/mol. The molecular formula is C16H11BrF2N2O3S2. The third-order valence-corrected chi connectivity index (χ3v) is 5.86. The third kappa shape index (κ3) is 4.37. The van der Waals surface area contributed by atoms with Crippen LogP contribution >= 0.6 is 38.6 Å². The van der Waals surface area contributed by atoms with Crippen LogP contribution in [0.3, 0.4) is 0 Å². The van der Waals surface area contributed by atoms with E-state index in [0.29, 0.717) is 5.69 Å². The zero-order valence-electron chi connectivity index (χ0n) is 13.2. The largest absolute Gasteiger partial charge is 0.493 e. The lowest BCUT2D eigenvalue weighted by molar-refractivity contribution is -0.0511. The first-order chi connectivity index (χ1) is 12.5. The molecular weight excluding hydrogens is 450 g/mol. The van der Waals surface area contributed by atoms with E-state index in [1.165, 1.54) is 48.0 Å². The van der Waals surface area contributed by atoms with Crippen LogP contribution in [0, 0.1) is 0 Å². The van der Waals surface area contributed by atoms with Gasteiger partial charge in [0, 0.05) is 27.0 Å². The van der Waals surface area contributed by atoms with Crippen molar-refractivity contribution in [3.05, 3.63) is 45.2 Å². The van der Waals surface area contributed by atoms with Crippen LogP contribution in [-0.4, -0.2) is 24.6 Å². The van der Waals surface area contributed by atoms with Crippen molar-refractivity contribution in [3.8, 4) is 21.4 Å². The van der Waals surface area contributed by atoms with E-state index in [1.807, 2.05) is 11.4 Å². The number of hydrogen-bond donors (Lipinski definition) is 1. The number of halogens is 3. The maximum absolute atomic E-state index is 12.5. The standard InChI is InChI=1S/C16H11BrF2N2O3S2/c1-23-11-3-2-9(5-12(11)24-16(18)19)20-14(22)10-7-26-15(21-10)13-4-8(17)6-25-13/h2-7,16H,1H3,(H,20,22). The predicted octanol–water partition coefficient (Wildman–Crippen LogP) is 5.50. The molecule has 0 bridgehead atoms. The van der Waals surface area contributed by atoms with Crippen molar-refractivity contribution in [1.29, 1.82) is 0 Å². The molecule has 0 aliphatic rings. The molecule has 0 saturated carbocycles. The summed E-state index contributed by atoms with van der Waals surface area (Å²) in [5, 5.41) is 6.90. The molecule has 0 aliphatic heterocycles. The molecule has 0 spiro atoms. The summed E-state index contributed by atoms with van der Waals surface area (Å²) in [6.45, 7) is -3.00. The van der Waals surface area contributed by atoms with E-state index >= 15 is 0 Å². The SMILES string of the molecule is COc1ccc(NC(=O)c2csc(-c3cc(Br)cs3)n2)cc1OC(F)F. The van der Waals surface area contributed by atoms with Gasteiger partial charge in [0.25, 0.3) is 5.91 Å². The fourth-order valence-corrected chi connectivity index (χ4v) is 4.36. The number of hydrogen-bond acceptors (Lipinski definition) is 6. The van der Waals surface area contributed by atoms with Gasteiger partial charge in [-0.05, 0) is 34.1 Å². The lowest BCUT2D eigenvalue weighted by Gasteiger charge is -2.11. The lowest BCUT2D eigenvalue weighted by atomic mass is 10.2. The Balaban J connectivity index is 1.76. The number of thiophene rings is 1. The van der Waals surface area contributed by atoms with Gasteiger partial charge in [-0.3, -0.25) is 4.79 Å². The van der Waals surface area contributed by atoms with Crippen molar-refractivity contribution in [2.24, 2.45) is 0 Å². The number of rotatable bonds is 6. The Morgan fingerprint density at radius 2 is 2.04 bits per heavy atom. The number of amides is 1. The average molecular weight is 461 g/mol. The second kappa shape index (κ2) is 8.11. The summed E-state index contributed by atoms with van der Waals surface area (Å²) in [7, 11) is 1.34. The molecule has 2 aromatic heterocycles. The molecule has 26 heavy (non-hydrogen) atoms. The molecule has 1 aromatic carbocycles. The first-order valence-electron chi connectivity index (χ1n) is 7.10. The molecule has 0 saturated heterocycles. The smallest absolute Gasteiger partial charge is 0.387 e. The molecule has 3 rings (SSSR count). The molecule has 0 radical (unpaired) electrons. The Kier molecular flexibility index (Phi) is 5.84. The van der Waals surface area contributed by atoms with Gasteiger partial charge in [-0.25, -0.2) is 4.98 Å². The highest BCUT2D eigenvalue weighted by molar-refractivity contribution is 9.10. The van der Waals surface area contributed by atoms with Crippen molar-refractivity contribution < 1.29 is 23.0 Å². The van der Waals surface area contributed by atoms with E-state index in [-0.39, 0.29) is 17.2 Å². The summed E-state index contributed by atoms with van der Waals surface area (Å²) < 4.78 is 35.3. The highest BCUT2D eigenvalue weighted by Gasteiger charge is 2.16. The number of carbonyl (C=O) groups is 1. The molecule has 0 unspecified atom stereocenters. The number of nitrogens with one attached hydrogen (secondary N) is 1. The maximum Gasteiger partial charge on any atom is 0.387 e. The first kappa shape index (κ1) is 18.7. The van der Waals surface area contributed by atoms with Crippen LogP contribution in [0.1, 0.15) is 10.5 Å². The molecule has 0 fully saturated rings. The number of methoxy groups -OCH3 is 1. The summed E-state index contributed by atoms with van der Waals surface area (Å²) in [4.78, 5) is 17.6. The number of aromatic nitrogens is 1. The number of alkyl halides is 2. The van der Waals surface area contributed by atoms with E-state index < -0.39 is 12.5 Å². The molecule has 1 N–H and O–H groups in total. The summed E-state index contributed by atoms with van der Waals surface area (Å²) in [5.41, 5.74) is 0.529. The minimum atomic E-state index is -3.00. The van der Waals surface area contributed by atoms with Crippen LogP contribution in [0.25, 0.3) is 9.88 Å². The fourth-order valence-electron chi connectivity index (χ4n) is 2.05. The minimum Gasteiger partial charge on any atom is -0.493 e. The van der Waals surface area contributed by atoms with Gasteiger partial charge in [0.15, 0.2) is 11.5 Å². The van der Waals surface area contributed by atoms with Gasteiger partial charge in [0.2, 0.25) is 0 Å². The molecule has 5 nitrogen and oxygen atoms in total. The second-order valence-electron chi connectivity index (χ2n) is 4.87. The number of nitrogens with zero attached hydrogens (tertiary/aromatic N) is 1. The fraction of sp³-hybridized carbons (Fsp3) is 0.125. The Morgan fingerprint density at radius 1 is 1.23 bits per heavy atom. The summed E-state index contributed by atoms with van der Waals surface area (Å²) >= 11 is 6.23. The highest BCUT2D eigenvalue weighted by Crippen LogP contribution is 2.33. The van der Waals surface area contributed by atoms with Crippen molar-refractivity contribution >= 4 is 50.2 Å². The average Bonchev–Trinajstić information content (AvgIpc) is 3.23. The van der Waals surface area contributed by atoms with Gasteiger partial charge in [-0.15, -0.1) is 22.7 Å². The monoisotopic (exact) mass is 460 g/mol. The first-order valence-corrected chi connectivity index (χ1v) is 9.65. The van der Waals surface area contributed by atoms with Crippen LogP contribution in [0.2, 0.25) is 0 Å². The van der Waals surface area contributed by atoms with Crippen LogP contribution in [0.4, 0.5) is 14.5 Å². The van der Waals surface area contributed by atoms with Gasteiger partial charge in [0.05, 0.1) is 12.0 Å². The topological polar surface area (TPSA) is 60.5 Å². The highest BCUT2D eigenvalue weighted by atomic mass is 79.9. The molecule has 0 aliphatic carbocycles. The van der Waals surface area contributed by atoms with Crippen LogP contribution < -0.4 is 14.8 Å².